The summed E-state index contributed by atoms with van der Waals surface area (Å²) in [4.78, 5) is 16.9. The van der Waals surface area contributed by atoms with Gasteiger partial charge in [-0.3, -0.25) is 4.79 Å². The van der Waals surface area contributed by atoms with Crippen LogP contribution in [0.3, 0.4) is 0 Å². The molecule has 1 atom stereocenters. The molecular formula is C15H14F3N3O3. The highest BCUT2D eigenvalue weighted by Gasteiger charge is 2.58. The quantitative estimate of drug-likeness (QED) is 0.909. The van der Waals surface area contributed by atoms with Gasteiger partial charge >= 0.3 is 6.18 Å². The van der Waals surface area contributed by atoms with Crippen molar-refractivity contribution in [3.05, 3.63) is 30.3 Å². The number of alkyl halides is 3. The standard InChI is InChI=1S/C15H14F3N3O3/c1-14(15(16,17)18)20-10-5-11(23-3)9(12-6-19-7-24-12)4-8(10)13(22)21(14)2/h4-7,20H,1-3H3. The molecule has 1 N–H and O–H groups in total. The number of fused-ring (bicyclic) bond motifs is 1. The van der Waals surface area contributed by atoms with Gasteiger partial charge in [-0.15, -0.1) is 0 Å². The van der Waals surface area contributed by atoms with Gasteiger partial charge in [0.1, 0.15) is 5.75 Å². The van der Waals surface area contributed by atoms with Crippen LogP contribution in [0.2, 0.25) is 0 Å². The van der Waals surface area contributed by atoms with Crippen molar-refractivity contribution in [2.24, 2.45) is 0 Å². The van der Waals surface area contributed by atoms with Crippen LogP contribution in [-0.2, 0) is 0 Å². The van der Waals surface area contributed by atoms with E-state index in [0.29, 0.717) is 16.2 Å². The number of amides is 1. The van der Waals surface area contributed by atoms with Crippen molar-refractivity contribution in [2.75, 3.05) is 19.5 Å². The highest BCUT2D eigenvalue weighted by molar-refractivity contribution is 6.04. The number of hydrogen-bond acceptors (Lipinski definition) is 5. The van der Waals surface area contributed by atoms with Crippen LogP contribution in [0.25, 0.3) is 11.3 Å². The molecule has 0 aliphatic carbocycles. The van der Waals surface area contributed by atoms with E-state index in [1.807, 2.05) is 0 Å². The summed E-state index contributed by atoms with van der Waals surface area (Å²) in [6.07, 6.45) is -2.03. The molecule has 6 nitrogen and oxygen atoms in total. The van der Waals surface area contributed by atoms with Crippen LogP contribution in [0.1, 0.15) is 17.3 Å². The molecule has 0 spiro atoms. The monoisotopic (exact) mass is 341 g/mol. The molecule has 1 aliphatic rings. The van der Waals surface area contributed by atoms with Gasteiger partial charge in [-0.2, -0.15) is 13.2 Å². The average molecular weight is 341 g/mol. The lowest BCUT2D eigenvalue weighted by molar-refractivity contribution is -0.205. The molecule has 1 aliphatic heterocycles. The largest absolute Gasteiger partial charge is 0.496 e. The van der Waals surface area contributed by atoms with Gasteiger partial charge in [0.05, 0.1) is 30.1 Å². The Morgan fingerprint density at radius 2 is 2.04 bits per heavy atom. The molecule has 3 rings (SSSR count). The molecule has 128 valence electrons. The first kappa shape index (κ1) is 16.2. The maximum absolute atomic E-state index is 13.4. The summed E-state index contributed by atoms with van der Waals surface area (Å²) in [5, 5.41) is 2.39. The van der Waals surface area contributed by atoms with Crippen LogP contribution in [-0.4, -0.2) is 41.8 Å². The number of hydrogen-bond donors (Lipinski definition) is 1. The molecule has 24 heavy (non-hydrogen) atoms. The van der Waals surface area contributed by atoms with Crippen LogP contribution >= 0.6 is 0 Å². The average Bonchev–Trinajstić information content (AvgIpc) is 3.05. The molecule has 0 saturated carbocycles. The number of anilines is 1. The second kappa shape index (κ2) is 5.15. The number of benzene rings is 1. The van der Waals surface area contributed by atoms with Crippen LogP contribution in [0.4, 0.5) is 18.9 Å². The van der Waals surface area contributed by atoms with E-state index in [-0.39, 0.29) is 17.0 Å². The molecule has 2 aromatic rings. The number of nitrogens with one attached hydrogen (secondary N) is 1. The molecule has 2 heterocycles. The zero-order chi connectivity index (χ0) is 17.7. The number of rotatable bonds is 2. The number of methoxy groups -OCH3 is 1. The first-order chi connectivity index (χ1) is 11.2. The van der Waals surface area contributed by atoms with E-state index < -0.39 is 17.7 Å². The number of oxazole rings is 1. The molecule has 0 saturated heterocycles. The summed E-state index contributed by atoms with van der Waals surface area (Å²) in [5.41, 5.74) is -1.96. The topological polar surface area (TPSA) is 67.6 Å². The van der Waals surface area contributed by atoms with Crippen molar-refractivity contribution in [3.63, 3.8) is 0 Å². The lowest BCUT2D eigenvalue weighted by Gasteiger charge is -2.45. The van der Waals surface area contributed by atoms with Crippen LogP contribution in [0.15, 0.2) is 29.1 Å². The molecule has 9 heteroatoms. The molecule has 0 bridgehead atoms. The Labute approximate surface area is 135 Å². The Morgan fingerprint density at radius 1 is 1.33 bits per heavy atom. The van der Waals surface area contributed by atoms with Gasteiger partial charge in [-0.1, -0.05) is 0 Å². The Bertz CT molecular complexity index is 789. The van der Waals surface area contributed by atoms with Gasteiger partial charge in [0.25, 0.3) is 5.91 Å². The van der Waals surface area contributed by atoms with Gasteiger partial charge < -0.3 is 19.4 Å². The summed E-state index contributed by atoms with van der Waals surface area (Å²) in [6.45, 7) is 0.907. The highest BCUT2D eigenvalue weighted by Crippen LogP contribution is 2.44. The second-order valence-corrected chi connectivity index (χ2v) is 5.52. The van der Waals surface area contributed by atoms with Gasteiger partial charge in [0, 0.05) is 13.1 Å². The fourth-order valence-electron chi connectivity index (χ4n) is 2.56. The van der Waals surface area contributed by atoms with Gasteiger partial charge in [-0.25, -0.2) is 4.98 Å². The second-order valence-electron chi connectivity index (χ2n) is 5.52. The van der Waals surface area contributed by atoms with Crippen molar-refractivity contribution in [1.29, 1.82) is 0 Å². The number of ether oxygens (including phenoxy) is 1. The third-order valence-electron chi connectivity index (χ3n) is 4.17. The SMILES string of the molecule is COc1cc2c(cc1-c1cnco1)C(=O)N(C)C(C)(C(F)(F)F)N2. The van der Waals surface area contributed by atoms with E-state index in [4.69, 9.17) is 9.15 Å². The van der Waals surface area contributed by atoms with Crippen LogP contribution < -0.4 is 10.1 Å². The van der Waals surface area contributed by atoms with Crippen molar-refractivity contribution in [2.45, 2.75) is 18.8 Å². The predicted octanol–water partition coefficient (Wildman–Crippen LogP) is 3.13. The van der Waals surface area contributed by atoms with Crippen molar-refractivity contribution in [3.8, 4) is 17.1 Å². The first-order valence-corrected chi connectivity index (χ1v) is 6.93. The van der Waals surface area contributed by atoms with E-state index in [1.165, 1.54) is 31.8 Å². The van der Waals surface area contributed by atoms with Crippen molar-refractivity contribution < 1.29 is 27.1 Å². The maximum atomic E-state index is 13.4. The fraction of sp³-hybridized carbons (Fsp3) is 0.333. The zero-order valence-corrected chi connectivity index (χ0v) is 13.1. The Morgan fingerprint density at radius 3 is 2.58 bits per heavy atom. The van der Waals surface area contributed by atoms with E-state index >= 15 is 0 Å². The minimum Gasteiger partial charge on any atom is -0.496 e. The predicted molar refractivity (Wildman–Crippen MR) is 78.7 cm³/mol. The minimum atomic E-state index is -4.66. The summed E-state index contributed by atoms with van der Waals surface area (Å²) in [7, 11) is 2.48. The fourth-order valence-corrected chi connectivity index (χ4v) is 2.56. The number of carbonyl (C=O) groups excluding carboxylic acids is 1. The summed E-state index contributed by atoms with van der Waals surface area (Å²) in [6, 6.07) is 2.78. The molecule has 0 fully saturated rings. The number of nitrogens with zero attached hydrogens (tertiary/aromatic N) is 2. The Hall–Kier alpha value is -2.71. The third kappa shape index (κ3) is 2.19. The minimum absolute atomic E-state index is 0.0399. The van der Waals surface area contributed by atoms with E-state index in [1.54, 1.807) is 0 Å². The Kier molecular flexibility index (Phi) is 3.47. The molecule has 1 aromatic heterocycles. The molecule has 1 aromatic carbocycles. The van der Waals surface area contributed by atoms with E-state index in [0.717, 1.165) is 14.0 Å². The first-order valence-electron chi connectivity index (χ1n) is 6.93. The van der Waals surface area contributed by atoms with Crippen molar-refractivity contribution in [1.82, 2.24) is 9.88 Å². The highest BCUT2D eigenvalue weighted by atomic mass is 19.4. The zero-order valence-electron chi connectivity index (χ0n) is 13.1. The van der Waals surface area contributed by atoms with Gasteiger partial charge in [0.2, 0.25) is 5.66 Å². The normalized spacial score (nSPS) is 20.6. The Balaban J connectivity index is 2.18. The maximum Gasteiger partial charge on any atom is 0.430 e. The van der Waals surface area contributed by atoms with Gasteiger partial charge in [-0.05, 0) is 13.0 Å². The lowest BCUT2D eigenvalue weighted by Crippen LogP contribution is -2.64. The molecular weight excluding hydrogens is 327 g/mol. The summed E-state index contributed by atoms with van der Waals surface area (Å²) < 4.78 is 50.7. The number of carbonyl (C=O) groups is 1. The molecule has 1 unspecified atom stereocenters. The molecule has 1 amide bonds. The lowest BCUT2D eigenvalue weighted by atomic mass is 9.97. The molecule has 0 radical (unpaired) electrons. The summed E-state index contributed by atoms with van der Waals surface area (Å²) >= 11 is 0. The number of aromatic nitrogens is 1. The smallest absolute Gasteiger partial charge is 0.430 e. The van der Waals surface area contributed by atoms with E-state index in [2.05, 4.69) is 10.3 Å². The van der Waals surface area contributed by atoms with Crippen LogP contribution in [0.5, 0.6) is 5.75 Å². The van der Waals surface area contributed by atoms with Crippen molar-refractivity contribution >= 4 is 11.6 Å². The third-order valence-corrected chi connectivity index (χ3v) is 4.17. The number of halogens is 3. The summed E-state index contributed by atoms with van der Waals surface area (Å²) in [5.74, 6) is -0.152. The van der Waals surface area contributed by atoms with Crippen LogP contribution in [0, 0.1) is 0 Å². The van der Waals surface area contributed by atoms with Gasteiger partial charge in [0.15, 0.2) is 12.2 Å². The van der Waals surface area contributed by atoms with E-state index in [9.17, 15) is 18.0 Å².